The summed E-state index contributed by atoms with van der Waals surface area (Å²) >= 11 is 0. The number of aliphatic hydroxyl groups is 1. The molecule has 1 fully saturated rings. The summed E-state index contributed by atoms with van der Waals surface area (Å²) < 4.78 is 35.7. The fraction of sp³-hybridized carbons (Fsp3) is 0.480. The van der Waals surface area contributed by atoms with Gasteiger partial charge >= 0.3 is 0 Å². The van der Waals surface area contributed by atoms with Crippen LogP contribution in [0.5, 0.6) is 5.75 Å². The van der Waals surface area contributed by atoms with Crippen LogP contribution < -0.4 is 10.3 Å². The quantitative estimate of drug-likeness (QED) is 0.375. The van der Waals surface area contributed by atoms with E-state index in [9.17, 15) is 18.0 Å². The Balaban J connectivity index is 1.82. The number of hydrogen-bond donors (Lipinski definition) is 2. The van der Waals surface area contributed by atoms with E-state index in [4.69, 9.17) is 14.8 Å². The third-order valence-corrected chi connectivity index (χ3v) is 8.58. The lowest BCUT2D eigenvalue weighted by Gasteiger charge is -2.33. The molecule has 0 atom stereocenters. The summed E-state index contributed by atoms with van der Waals surface area (Å²) in [6.07, 6.45) is 2.05. The molecule has 11 nitrogen and oxygen atoms in total. The molecule has 0 aliphatic carbocycles. The Morgan fingerprint density at radius 1 is 1.19 bits per heavy atom. The Morgan fingerprint density at radius 3 is 2.54 bits per heavy atom. The van der Waals surface area contributed by atoms with Gasteiger partial charge in [-0.2, -0.15) is 4.31 Å². The Bertz CT molecular complexity index is 1450. The maximum Gasteiger partial charge on any atom is 0.275 e. The molecule has 0 bridgehead atoms. The molecular weight excluding hydrogens is 498 g/mol. The van der Waals surface area contributed by atoms with E-state index in [0.717, 1.165) is 12.7 Å². The molecule has 0 unspecified atom stereocenters. The van der Waals surface area contributed by atoms with Crippen molar-refractivity contribution in [3.63, 3.8) is 0 Å². The number of β-amino-alcohol motifs (C(OH)–C–C–N with tert-alkyl or cyclic N) is 1. The summed E-state index contributed by atoms with van der Waals surface area (Å²) in [5.41, 5.74) is 1.71. The number of aryl methyl sites for hydroxylation is 2. The zero-order valence-corrected chi connectivity index (χ0v) is 22.2. The lowest BCUT2D eigenvalue weighted by atomic mass is 10.1. The Labute approximate surface area is 215 Å². The van der Waals surface area contributed by atoms with E-state index >= 15 is 0 Å². The fourth-order valence-corrected chi connectivity index (χ4v) is 6.28. The molecule has 0 saturated carbocycles. The van der Waals surface area contributed by atoms with Crippen LogP contribution in [0.4, 0.5) is 0 Å². The van der Waals surface area contributed by atoms with Crippen LogP contribution in [-0.4, -0.2) is 89.5 Å². The molecule has 3 heterocycles. The monoisotopic (exact) mass is 531 g/mol. The molecule has 4 rings (SSSR count). The molecule has 2 N–H and O–H groups in total. The van der Waals surface area contributed by atoms with Crippen molar-refractivity contribution in [2.24, 2.45) is 7.05 Å². The predicted molar refractivity (Wildman–Crippen MR) is 140 cm³/mol. The summed E-state index contributed by atoms with van der Waals surface area (Å²) in [5, 5.41) is 9.16. The van der Waals surface area contributed by atoms with E-state index in [1.165, 1.54) is 16.4 Å². The number of nitrogens with one attached hydrogen (secondary N) is 1. The number of rotatable bonds is 10. The minimum Gasteiger partial charge on any atom is -0.493 e. The Kier molecular flexibility index (Phi) is 8.12. The van der Waals surface area contributed by atoms with Gasteiger partial charge in [-0.3, -0.25) is 14.5 Å². The third-order valence-electron chi connectivity index (χ3n) is 6.69. The van der Waals surface area contributed by atoms with Gasteiger partial charge in [-0.15, -0.1) is 0 Å². The first kappa shape index (κ1) is 27.0. The number of ether oxygens (including phenoxy) is 1. The van der Waals surface area contributed by atoms with Gasteiger partial charge in [0.15, 0.2) is 6.29 Å². The predicted octanol–water partition coefficient (Wildman–Crippen LogP) is 1.39. The SMILES string of the molecule is CCCc1c(C=O)n(C)c2c(=O)[nH]c(-c3cc(S(=O)(=O)N4CCN(CCO)CC4)ccc3OCC)nc12. The number of nitrogens with zero attached hydrogens (tertiary/aromatic N) is 4. The molecule has 1 aromatic carbocycles. The highest BCUT2D eigenvalue weighted by atomic mass is 32.2. The van der Waals surface area contributed by atoms with Crippen molar-refractivity contribution in [2.75, 3.05) is 45.9 Å². The Morgan fingerprint density at radius 2 is 1.92 bits per heavy atom. The van der Waals surface area contributed by atoms with E-state index in [0.29, 0.717) is 73.8 Å². The number of hydrogen-bond acceptors (Lipinski definition) is 8. The van der Waals surface area contributed by atoms with Crippen molar-refractivity contribution in [2.45, 2.75) is 31.6 Å². The molecule has 1 aliphatic rings. The second-order valence-corrected chi connectivity index (χ2v) is 10.9. The van der Waals surface area contributed by atoms with Gasteiger partial charge in [-0.05, 0) is 31.5 Å². The van der Waals surface area contributed by atoms with E-state index in [-0.39, 0.29) is 22.8 Å². The van der Waals surface area contributed by atoms with Crippen LogP contribution in [0.3, 0.4) is 0 Å². The largest absolute Gasteiger partial charge is 0.493 e. The minimum atomic E-state index is -3.82. The van der Waals surface area contributed by atoms with Gasteiger partial charge in [-0.25, -0.2) is 13.4 Å². The van der Waals surface area contributed by atoms with Crippen molar-refractivity contribution < 1.29 is 23.1 Å². The number of H-pyrrole nitrogens is 1. The minimum absolute atomic E-state index is 0.0280. The van der Waals surface area contributed by atoms with Crippen LogP contribution in [0.1, 0.15) is 36.3 Å². The number of fused-ring (bicyclic) bond motifs is 1. The van der Waals surface area contributed by atoms with Crippen molar-refractivity contribution >= 4 is 27.3 Å². The molecule has 200 valence electrons. The van der Waals surface area contributed by atoms with Crippen LogP contribution in [0.15, 0.2) is 27.9 Å². The summed E-state index contributed by atoms with van der Waals surface area (Å²) in [4.78, 5) is 34.5. The molecule has 1 saturated heterocycles. The number of benzene rings is 1. The normalized spacial score (nSPS) is 15.4. The van der Waals surface area contributed by atoms with Crippen molar-refractivity contribution in [3.05, 3.63) is 39.8 Å². The van der Waals surface area contributed by atoms with Gasteiger partial charge in [0.05, 0.1) is 29.4 Å². The van der Waals surface area contributed by atoms with E-state index < -0.39 is 15.6 Å². The van der Waals surface area contributed by atoms with Crippen LogP contribution in [0, 0.1) is 0 Å². The summed E-state index contributed by atoms with van der Waals surface area (Å²) in [5.74, 6) is 0.562. The summed E-state index contributed by atoms with van der Waals surface area (Å²) in [7, 11) is -2.17. The van der Waals surface area contributed by atoms with E-state index in [2.05, 4.69) is 4.98 Å². The number of carbonyl (C=O) groups is 1. The van der Waals surface area contributed by atoms with E-state index in [1.807, 2.05) is 18.7 Å². The fourth-order valence-electron chi connectivity index (χ4n) is 4.83. The highest BCUT2D eigenvalue weighted by molar-refractivity contribution is 7.89. The number of aliphatic hydroxyl groups excluding tert-OH is 1. The average molecular weight is 532 g/mol. The number of sulfonamides is 1. The van der Waals surface area contributed by atoms with E-state index in [1.54, 1.807) is 17.7 Å². The van der Waals surface area contributed by atoms with Crippen LogP contribution in [0.2, 0.25) is 0 Å². The number of aldehydes is 1. The zero-order valence-electron chi connectivity index (χ0n) is 21.4. The second-order valence-electron chi connectivity index (χ2n) is 8.96. The topological polar surface area (TPSA) is 138 Å². The number of aromatic amines is 1. The summed E-state index contributed by atoms with van der Waals surface area (Å²) in [6, 6.07) is 4.55. The molecule has 0 amide bonds. The van der Waals surface area contributed by atoms with Gasteiger partial charge in [0.2, 0.25) is 10.0 Å². The van der Waals surface area contributed by atoms with Gasteiger partial charge < -0.3 is 19.4 Å². The molecule has 0 spiro atoms. The average Bonchev–Trinajstić information content (AvgIpc) is 3.16. The highest BCUT2D eigenvalue weighted by Gasteiger charge is 2.30. The van der Waals surface area contributed by atoms with Gasteiger partial charge in [-0.1, -0.05) is 13.3 Å². The van der Waals surface area contributed by atoms with Crippen molar-refractivity contribution in [1.29, 1.82) is 0 Å². The highest BCUT2D eigenvalue weighted by Crippen LogP contribution is 2.33. The molecular formula is C25H33N5O6S. The number of piperazine rings is 1. The number of carbonyl (C=O) groups excluding carboxylic acids is 1. The molecule has 0 radical (unpaired) electrons. The lowest BCUT2D eigenvalue weighted by molar-refractivity contribution is 0.111. The molecule has 1 aliphatic heterocycles. The molecule has 37 heavy (non-hydrogen) atoms. The lowest BCUT2D eigenvalue weighted by Crippen LogP contribution is -2.49. The molecule has 12 heteroatoms. The number of aromatic nitrogens is 3. The Hall–Kier alpha value is -3.06. The second kappa shape index (κ2) is 11.1. The summed E-state index contributed by atoms with van der Waals surface area (Å²) in [6.45, 7) is 6.34. The van der Waals surface area contributed by atoms with Crippen LogP contribution in [-0.2, 0) is 23.5 Å². The first-order valence-electron chi connectivity index (χ1n) is 12.4. The molecule has 3 aromatic rings. The third kappa shape index (κ3) is 5.06. The van der Waals surface area contributed by atoms with Crippen LogP contribution in [0.25, 0.3) is 22.4 Å². The smallest absolute Gasteiger partial charge is 0.275 e. The first-order chi connectivity index (χ1) is 17.8. The van der Waals surface area contributed by atoms with Gasteiger partial charge in [0.1, 0.15) is 22.6 Å². The van der Waals surface area contributed by atoms with Gasteiger partial charge in [0.25, 0.3) is 5.56 Å². The maximum absolute atomic E-state index is 13.5. The first-order valence-corrected chi connectivity index (χ1v) is 13.9. The zero-order chi connectivity index (χ0) is 26.7. The van der Waals surface area contributed by atoms with Crippen molar-refractivity contribution in [3.8, 4) is 17.1 Å². The standard InChI is InChI=1S/C25H33N5O6S/c1-4-6-18-20(16-32)28(3)23-22(18)26-24(27-25(23)33)19-15-17(7-8-21(19)36-5-2)37(34,35)30-11-9-29(10-12-30)13-14-31/h7-8,15-16,31H,4-6,9-14H2,1-3H3,(H,26,27,33). The van der Waals surface area contributed by atoms with Gasteiger partial charge in [0, 0.05) is 45.3 Å². The molecule has 2 aromatic heterocycles. The maximum atomic E-state index is 13.5. The van der Waals surface area contributed by atoms with Crippen molar-refractivity contribution in [1.82, 2.24) is 23.7 Å². The van der Waals surface area contributed by atoms with Crippen LogP contribution >= 0.6 is 0 Å².